The van der Waals surface area contributed by atoms with Crippen LogP contribution in [0.15, 0.2) is 24.3 Å². The number of methoxy groups -OCH3 is 1. The summed E-state index contributed by atoms with van der Waals surface area (Å²) in [6.07, 6.45) is 0. The van der Waals surface area contributed by atoms with E-state index < -0.39 is 0 Å². The third-order valence-electron chi connectivity index (χ3n) is 3.17. The van der Waals surface area contributed by atoms with E-state index in [0.29, 0.717) is 12.5 Å². The second-order valence-electron chi connectivity index (χ2n) is 5.53. The van der Waals surface area contributed by atoms with Crippen LogP contribution in [0.1, 0.15) is 39.3 Å². The zero-order valence-corrected chi connectivity index (χ0v) is 13.1. The van der Waals surface area contributed by atoms with Crippen molar-refractivity contribution in [2.45, 2.75) is 39.8 Å². The Morgan fingerprint density at radius 3 is 2.55 bits per heavy atom. The van der Waals surface area contributed by atoms with Crippen molar-refractivity contribution < 1.29 is 9.53 Å². The van der Waals surface area contributed by atoms with Crippen molar-refractivity contribution in [3.8, 4) is 5.75 Å². The van der Waals surface area contributed by atoms with Gasteiger partial charge >= 0.3 is 0 Å². The van der Waals surface area contributed by atoms with Gasteiger partial charge in [0.05, 0.1) is 13.2 Å². The summed E-state index contributed by atoms with van der Waals surface area (Å²) in [6.45, 7) is 8.79. The fourth-order valence-corrected chi connectivity index (χ4v) is 1.92. The molecular weight excluding hydrogens is 252 g/mol. The molecule has 112 valence electrons. The minimum atomic E-state index is -0.227. The van der Waals surface area contributed by atoms with Crippen LogP contribution in [0.3, 0.4) is 0 Å². The molecule has 0 aliphatic heterocycles. The van der Waals surface area contributed by atoms with Crippen LogP contribution in [0.2, 0.25) is 0 Å². The predicted octanol–water partition coefficient (Wildman–Crippen LogP) is 2.51. The van der Waals surface area contributed by atoms with Gasteiger partial charge in [0.2, 0.25) is 5.91 Å². The summed E-state index contributed by atoms with van der Waals surface area (Å²) in [4.78, 5) is 11.9. The number of carbonyl (C=O) groups excluding carboxylic acids is 1. The first-order chi connectivity index (χ1) is 9.43. The van der Waals surface area contributed by atoms with Crippen LogP contribution >= 0.6 is 0 Å². The number of nitrogens with one attached hydrogen (secondary N) is 2. The number of ether oxygens (including phenoxy) is 1. The van der Waals surface area contributed by atoms with Gasteiger partial charge in [-0.15, -0.1) is 0 Å². The average Bonchev–Trinajstić information content (AvgIpc) is 2.44. The topological polar surface area (TPSA) is 50.4 Å². The quantitative estimate of drug-likeness (QED) is 0.805. The number of rotatable bonds is 7. The average molecular weight is 278 g/mol. The van der Waals surface area contributed by atoms with Crippen LogP contribution in [0.5, 0.6) is 5.75 Å². The molecular formula is C16H26N2O2. The molecule has 4 nitrogen and oxygen atoms in total. The van der Waals surface area contributed by atoms with Crippen LogP contribution in [0.4, 0.5) is 0 Å². The minimum absolute atomic E-state index is 0.0356. The van der Waals surface area contributed by atoms with Gasteiger partial charge in [0, 0.05) is 12.6 Å². The standard InChI is InChI=1S/C16H26N2O2/c1-11(2)10-17-16(19)13(4)18-12(3)14-7-6-8-15(9-14)20-5/h6-9,11-13,18H,10H2,1-5H3,(H,17,19)/t12-,13?/m1/s1. The molecule has 0 bridgehead atoms. The van der Waals surface area contributed by atoms with Gasteiger partial charge in [0.1, 0.15) is 5.75 Å². The van der Waals surface area contributed by atoms with Crippen molar-refractivity contribution in [2.24, 2.45) is 5.92 Å². The molecule has 0 aromatic heterocycles. The predicted molar refractivity (Wildman–Crippen MR) is 81.9 cm³/mol. The van der Waals surface area contributed by atoms with E-state index in [0.717, 1.165) is 11.3 Å². The number of hydrogen-bond donors (Lipinski definition) is 2. The van der Waals surface area contributed by atoms with Crippen molar-refractivity contribution in [1.82, 2.24) is 10.6 Å². The Hall–Kier alpha value is -1.55. The summed E-state index contributed by atoms with van der Waals surface area (Å²) in [6, 6.07) is 7.74. The maximum atomic E-state index is 11.9. The first kappa shape index (κ1) is 16.5. The lowest BCUT2D eigenvalue weighted by atomic mass is 10.1. The van der Waals surface area contributed by atoms with E-state index in [1.54, 1.807) is 7.11 Å². The molecule has 0 saturated heterocycles. The van der Waals surface area contributed by atoms with Crippen LogP contribution in [-0.2, 0) is 4.79 Å². The van der Waals surface area contributed by atoms with Gasteiger partial charge in [-0.25, -0.2) is 0 Å². The third-order valence-corrected chi connectivity index (χ3v) is 3.17. The van der Waals surface area contributed by atoms with Crippen LogP contribution < -0.4 is 15.4 Å². The lowest BCUT2D eigenvalue weighted by molar-refractivity contribution is -0.123. The Morgan fingerprint density at radius 1 is 1.25 bits per heavy atom. The maximum absolute atomic E-state index is 11.9. The monoisotopic (exact) mass is 278 g/mol. The zero-order chi connectivity index (χ0) is 15.1. The van der Waals surface area contributed by atoms with Crippen molar-refractivity contribution in [3.05, 3.63) is 29.8 Å². The molecule has 20 heavy (non-hydrogen) atoms. The Labute approximate surface area is 121 Å². The van der Waals surface area contributed by atoms with Gasteiger partial charge in [-0.2, -0.15) is 0 Å². The number of carbonyl (C=O) groups is 1. The summed E-state index contributed by atoms with van der Waals surface area (Å²) in [5.41, 5.74) is 1.10. The van der Waals surface area contributed by atoms with E-state index in [4.69, 9.17) is 4.74 Å². The smallest absolute Gasteiger partial charge is 0.236 e. The third kappa shape index (κ3) is 5.21. The van der Waals surface area contributed by atoms with E-state index in [9.17, 15) is 4.79 Å². The van der Waals surface area contributed by atoms with E-state index in [1.165, 1.54) is 0 Å². The lowest BCUT2D eigenvalue weighted by Gasteiger charge is -2.20. The minimum Gasteiger partial charge on any atom is -0.497 e. The first-order valence-electron chi connectivity index (χ1n) is 7.11. The fraction of sp³-hybridized carbons (Fsp3) is 0.562. The number of amides is 1. The molecule has 0 heterocycles. The highest BCUT2D eigenvalue weighted by Crippen LogP contribution is 2.19. The van der Waals surface area contributed by atoms with Gasteiger partial charge in [-0.3, -0.25) is 10.1 Å². The van der Waals surface area contributed by atoms with Crippen molar-refractivity contribution in [3.63, 3.8) is 0 Å². The van der Waals surface area contributed by atoms with E-state index >= 15 is 0 Å². The summed E-state index contributed by atoms with van der Waals surface area (Å²) in [7, 11) is 1.65. The Balaban J connectivity index is 2.55. The van der Waals surface area contributed by atoms with Gasteiger partial charge < -0.3 is 10.1 Å². The summed E-state index contributed by atoms with van der Waals surface area (Å²) >= 11 is 0. The Bertz CT molecular complexity index is 432. The molecule has 1 rings (SSSR count). The summed E-state index contributed by atoms with van der Waals surface area (Å²) in [5.74, 6) is 1.32. The molecule has 1 aromatic rings. The van der Waals surface area contributed by atoms with E-state index in [-0.39, 0.29) is 18.0 Å². The zero-order valence-electron chi connectivity index (χ0n) is 13.1. The van der Waals surface area contributed by atoms with Gasteiger partial charge in [0.15, 0.2) is 0 Å². The second-order valence-corrected chi connectivity index (χ2v) is 5.53. The van der Waals surface area contributed by atoms with Gasteiger partial charge in [-0.05, 0) is 37.5 Å². The Kier molecular flexibility index (Phi) is 6.52. The fourth-order valence-electron chi connectivity index (χ4n) is 1.92. The number of benzene rings is 1. The molecule has 1 aromatic carbocycles. The highest BCUT2D eigenvalue weighted by atomic mass is 16.5. The molecule has 0 spiro atoms. The molecule has 2 N–H and O–H groups in total. The van der Waals surface area contributed by atoms with E-state index in [1.807, 2.05) is 38.1 Å². The van der Waals surface area contributed by atoms with Crippen LogP contribution in [0.25, 0.3) is 0 Å². The lowest BCUT2D eigenvalue weighted by Crippen LogP contribution is -2.44. The molecule has 1 unspecified atom stereocenters. The SMILES string of the molecule is COc1cccc([C@@H](C)NC(C)C(=O)NCC(C)C)c1. The van der Waals surface area contributed by atoms with Crippen molar-refractivity contribution in [1.29, 1.82) is 0 Å². The first-order valence-corrected chi connectivity index (χ1v) is 7.11. The molecule has 0 radical (unpaired) electrons. The van der Waals surface area contributed by atoms with Crippen LogP contribution in [-0.4, -0.2) is 25.6 Å². The molecule has 0 fully saturated rings. The molecule has 4 heteroatoms. The molecule has 1 amide bonds. The normalized spacial score (nSPS) is 13.9. The van der Waals surface area contributed by atoms with E-state index in [2.05, 4.69) is 24.5 Å². The molecule has 2 atom stereocenters. The largest absolute Gasteiger partial charge is 0.497 e. The van der Waals surface area contributed by atoms with Crippen molar-refractivity contribution >= 4 is 5.91 Å². The summed E-state index contributed by atoms with van der Waals surface area (Å²) in [5, 5.41) is 6.24. The number of hydrogen-bond acceptors (Lipinski definition) is 3. The van der Waals surface area contributed by atoms with Crippen LogP contribution in [0, 0.1) is 5.92 Å². The second kappa shape index (κ2) is 7.90. The maximum Gasteiger partial charge on any atom is 0.236 e. The highest BCUT2D eigenvalue weighted by molar-refractivity contribution is 5.81. The van der Waals surface area contributed by atoms with Crippen molar-refractivity contribution in [2.75, 3.05) is 13.7 Å². The highest BCUT2D eigenvalue weighted by Gasteiger charge is 2.16. The molecule has 0 aliphatic carbocycles. The van der Waals surface area contributed by atoms with Gasteiger partial charge in [-0.1, -0.05) is 26.0 Å². The summed E-state index contributed by atoms with van der Waals surface area (Å²) < 4.78 is 5.22. The molecule has 0 aliphatic rings. The van der Waals surface area contributed by atoms with Gasteiger partial charge in [0.25, 0.3) is 0 Å². The molecule has 0 saturated carbocycles. The Morgan fingerprint density at radius 2 is 1.95 bits per heavy atom.